The number of nitrogen functional groups attached to an aromatic ring is 1. The molecule has 0 unspecified atom stereocenters. The number of hydrogen-bond donors (Lipinski definition) is 3. The second-order valence-corrected chi connectivity index (χ2v) is 7.67. The number of alkyl halides is 3. The Kier molecular flexibility index (Phi) is 6.76. The number of carbonyl (C=O) groups excluding carboxylic acids is 1. The van der Waals surface area contributed by atoms with Crippen LogP contribution in [0.5, 0.6) is 0 Å². The summed E-state index contributed by atoms with van der Waals surface area (Å²) in [5, 5.41) is 0. The van der Waals surface area contributed by atoms with Gasteiger partial charge in [-0.2, -0.15) is 13.2 Å². The number of nitrogens with two attached hydrogens (primary N) is 2. The Balaban J connectivity index is 1.75. The number of nitrogens with one attached hydrogen (secondary N) is 1. The molecule has 7 nitrogen and oxygen atoms in total. The fourth-order valence-corrected chi connectivity index (χ4v) is 3.85. The molecule has 1 amide bonds. The SMILES string of the molecule is NNC(=O)c1nc(C(F)(F)F)n2c1CN(C(=S)C[C@@H](N)Cc1cc(F)c(F)cc1F)CC2. The number of rotatable bonds is 5. The quantitative estimate of drug-likeness (QED) is 0.151. The highest BCUT2D eigenvalue weighted by molar-refractivity contribution is 7.80. The van der Waals surface area contributed by atoms with E-state index in [2.05, 4.69) is 4.98 Å². The van der Waals surface area contributed by atoms with Crippen molar-refractivity contribution in [1.82, 2.24) is 19.9 Å². The fraction of sp³-hybridized carbons (Fsp3) is 0.389. The van der Waals surface area contributed by atoms with E-state index in [1.807, 2.05) is 0 Å². The van der Waals surface area contributed by atoms with Crippen LogP contribution in [-0.2, 0) is 25.7 Å². The zero-order valence-electron chi connectivity index (χ0n) is 16.3. The van der Waals surface area contributed by atoms with E-state index in [1.165, 1.54) is 0 Å². The number of hydrogen-bond acceptors (Lipinski definition) is 5. The van der Waals surface area contributed by atoms with Gasteiger partial charge in [-0.25, -0.2) is 24.0 Å². The Hall–Kier alpha value is -2.71. The summed E-state index contributed by atoms with van der Waals surface area (Å²) >= 11 is 5.33. The van der Waals surface area contributed by atoms with E-state index in [4.69, 9.17) is 23.8 Å². The van der Waals surface area contributed by atoms with Crippen LogP contribution >= 0.6 is 12.2 Å². The van der Waals surface area contributed by atoms with E-state index in [1.54, 1.807) is 10.3 Å². The van der Waals surface area contributed by atoms with Crippen molar-refractivity contribution < 1.29 is 31.1 Å². The highest BCUT2D eigenvalue weighted by Crippen LogP contribution is 2.32. The lowest BCUT2D eigenvalue weighted by Gasteiger charge is -2.32. The summed E-state index contributed by atoms with van der Waals surface area (Å²) in [6, 6.07) is 0.360. The Morgan fingerprint density at radius 2 is 1.84 bits per heavy atom. The van der Waals surface area contributed by atoms with Gasteiger partial charge in [0, 0.05) is 31.6 Å². The first-order valence-corrected chi connectivity index (χ1v) is 9.67. The number of halogens is 6. The fourth-order valence-electron chi connectivity index (χ4n) is 3.48. The Labute approximate surface area is 183 Å². The number of hydrazine groups is 1. The second kappa shape index (κ2) is 9.03. The van der Waals surface area contributed by atoms with Crippen molar-refractivity contribution in [3.8, 4) is 0 Å². The lowest BCUT2D eigenvalue weighted by Crippen LogP contribution is -2.42. The Morgan fingerprint density at radius 1 is 1.19 bits per heavy atom. The molecule has 1 atom stereocenters. The number of fused-ring (bicyclic) bond motifs is 1. The minimum absolute atomic E-state index is 0.0194. The van der Waals surface area contributed by atoms with Crippen LogP contribution in [-0.4, -0.2) is 37.9 Å². The van der Waals surface area contributed by atoms with Gasteiger partial charge in [-0.15, -0.1) is 0 Å². The van der Waals surface area contributed by atoms with E-state index in [0.717, 1.165) is 4.57 Å². The highest BCUT2D eigenvalue weighted by Gasteiger charge is 2.41. The van der Waals surface area contributed by atoms with Gasteiger partial charge in [0.25, 0.3) is 5.91 Å². The van der Waals surface area contributed by atoms with Gasteiger partial charge in [0.05, 0.1) is 17.2 Å². The molecule has 0 bridgehead atoms. The molecule has 14 heteroatoms. The van der Waals surface area contributed by atoms with E-state index >= 15 is 0 Å². The topological polar surface area (TPSA) is 102 Å². The lowest BCUT2D eigenvalue weighted by molar-refractivity contribution is -0.147. The summed E-state index contributed by atoms with van der Waals surface area (Å²) in [4.78, 5) is 17.1. The molecule has 1 aromatic carbocycles. The van der Waals surface area contributed by atoms with Crippen LogP contribution in [0, 0.1) is 17.5 Å². The van der Waals surface area contributed by atoms with Crippen LogP contribution in [0.3, 0.4) is 0 Å². The number of thiocarbonyl (C=S) groups is 1. The summed E-state index contributed by atoms with van der Waals surface area (Å²) in [5.74, 6) is -0.643. The third-order valence-electron chi connectivity index (χ3n) is 4.97. The molecule has 0 saturated carbocycles. The van der Waals surface area contributed by atoms with Gasteiger partial charge in [-0.05, 0) is 18.1 Å². The van der Waals surface area contributed by atoms with Crippen LogP contribution in [0.2, 0.25) is 0 Å². The normalized spacial score (nSPS) is 14.8. The van der Waals surface area contributed by atoms with Gasteiger partial charge < -0.3 is 15.2 Å². The molecule has 1 aliphatic heterocycles. The molecule has 0 radical (unpaired) electrons. The molecule has 2 heterocycles. The molecule has 1 aromatic heterocycles. The van der Waals surface area contributed by atoms with E-state index in [9.17, 15) is 31.1 Å². The van der Waals surface area contributed by atoms with Crippen LogP contribution in [0.1, 0.15) is 34.0 Å². The summed E-state index contributed by atoms with van der Waals surface area (Å²) < 4.78 is 81.1. The summed E-state index contributed by atoms with van der Waals surface area (Å²) in [6.45, 7) is -0.222. The molecule has 0 fully saturated rings. The average molecular weight is 480 g/mol. The first-order chi connectivity index (χ1) is 14.9. The molecule has 5 N–H and O–H groups in total. The predicted molar refractivity (Wildman–Crippen MR) is 105 cm³/mol. The van der Waals surface area contributed by atoms with Crippen LogP contribution in [0.25, 0.3) is 0 Å². The first-order valence-electron chi connectivity index (χ1n) is 9.26. The Bertz CT molecular complexity index is 1060. The van der Waals surface area contributed by atoms with Crippen molar-refractivity contribution in [2.24, 2.45) is 11.6 Å². The van der Waals surface area contributed by atoms with Crippen LogP contribution in [0.15, 0.2) is 12.1 Å². The number of carbonyl (C=O) groups is 1. The van der Waals surface area contributed by atoms with Gasteiger partial charge in [-0.1, -0.05) is 12.2 Å². The van der Waals surface area contributed by atoms with Gasteiger partial charge in [0.15, 0.2) is 17.3 Å². The van der Waals surface area contributed by atoms with Crippen molar-refractivity contribution >= 4 is 23.1 Å². The van der Waals surface area contributed by atoms with Gasteiger partial charge in [0.1, 0.15) is 5.82 Å². The predicted octanol–water partition coefficient (Wildman–Crippen LogP) is 2.03. The van der Waals surface area contributed by atoms with Gasteiger partial charge >= 0.3 is 6.18 Å². The smallest absolute Gasteiger partial charge is 0.358 e. The average Bonchev–Trinajstić information content (AvgIpc) is 3.10. The third-order valence-corrected chi connectivity index (χ3v) is 5.39. The van der Waals surface area contributed by atoms with Gasteiger partial charge in [0.2, 0.25) is 5.82 Å². The number of aromatic nitrogens is 2. The zero-order chi connectivity index (χ0) is 23.8. The van der Waals surface area contributed by atoms with E-state index < -0.39 is 47.1 Å². The molecule has 174 valence electrons. The van der Waals surface area contributed by atoms with Crippen molar-refractivity contribution in [2.45, 2.75) is 38.1 Å². The summed E-state index contributed by atoms with van der Waals surface area (Å²) in [5.41, 5.74) is 7.13. The van der Waals surface area contributed by atoms with Crippen LogP contribution in [0.4, 0.5) is 26.3 Å². The lowest BCUT2D eigenvalue weighted by atomic mass is 10.0. The number of imidazole rings is 1. The molecular weight excluding hydrogens is 462 g/mol. The largest absolute Gasteiger partial charge is 0.449 e. The molecule has 32 heavy (non-hydrogen) atoms. The van der Waals surface area contributed by atoms with Crippen molar-refractivity contribution in [3.05, 3.63) is 52.4 Å². The number of nitrogens with zero attached hydrogens (tertiary/aromatic N) is 3. The maximum absolute atomic E-state index is 13.8. The van der Waals surface area contributed by atoms with E-state index in [0.29, 0.717) is 12.1 Å². The van der Waals surface area contributed by atoms with Crippen LogP contribution < -0.4 is 17.0 Å². The number of benzene rings is 1. The number of amides is 1. The van der Waals surface area contributed by atoms with E-state index in [-0.39, 0.29) is 48.7 Å². The van der Waals surface area contributed by atoms with Gasteiger partial charge in [-0.3, -0.25) is 10.2 Å². The minimum Gasteiger partial charge on any atom is -0.358 e. The molecular formula is C18H18F6N6OS. The molecule has 0 spiro atoms. The van der Waals surface area contributed by atoms with Crippen molar-refractivity contribution in [3.63, 3.8) is 0 Å². The summed E-state index contributed by atoms with van der Waals surface area (Å²) in [6.07, 6.45) is -4.90. The maximum Gasteiger partial charge on any atom is 0.449 e. The second-order valence-electron chi connectivity index (χ2n) is 7.19. The zero-order valence-corrected chi connectivity index (χ0v) is 17.2. The molecule has 0 saturated heterocycles. The molecule has 0 aliphatic carbocycles. The molecule has 2 aromatic rings. The molecule has 3 rings (SSSR count). The first kappa shape index (κ1) is 23.9. The van der Waals surface area contributed by atoms with Crippen molar-refractivity contribution in [2.75, 3.05) is 6.54 Å². The summed E-state index contributed by atoms with van der Waals surface area (Å²) in [7, 11) is 0. The maximum atomic E-state index is 13.8. The molecule has 1 aliphatic rings. The van der Waals surface area contributed by atoms with Crippen molar-refractivity contribution in [1.29, 1.82) is 0 Å². The highest BCUT2D eigenvalue weighted by atomic mass is 32.1. The standard InChI is InChI=1S/C18H18F6N6OS/c19-10-6-12(21)11(20)4-8(10)3-9(25)5-14(32)29-1-2-30-13(7-29)15(16(31)28-26)27-17(30)18(22,23)24/h4,6,9H,1-3,5,7,25-26H2,(H,28,31)/t9-/m0/s1. The Morgan fingerprint density at radius 3 is 2.47 bits per heavy atom. The minimum atomic E-state index is -4.78. The third kappa shape index (κ3) is 4.86. The monoisotopic (exact) mass is 480 g/mol.